The lowest BCUT2D eigenvalue weighted by Gasteiger charge is -2.11. The van der Waals surface area contributed by atoms with Crippen molar-refractivity contribution >= 4 is 0 Å². The van der Waals surface area contributed by atoms with E-state index in [1.165, 1.54) is 0 Å². The van der Waals surface area contributed by atoms with Crippen LogP contribution >= 0.6 is 0 Å². The van der Waals surface area contributed by atoms with Gasteiger partial charge in [0.1, 0.15) is 12.4 Å². The van der Waals surface area contributed by atoms with Crippen molar-refractivity contribution in [2.24, 2.45) is 0 Å². The molecular formula is C13H18F2N2O3. The Balaban J connectivity index is 2.00. The maximum atomic E-state index is 12.0. The number of hydrogen-bond acceptors (Lipinski definition) is 4. The van der Waals surface area contributed by atoms with Crippen molar-refractivity contribution in [3.8, 4) is 5.88 Å². The zero-order chi connectivity index (χ0) is 14.5. The Hall–Kier alpha value is -1.50. The van der Waals surface area contributed by atoms with Gasteiger partial charge in [0.05, 0.1) is 12.2 Å². The SMILES string of the molecule is O=c1[nH]c(CCOCC(F)F)nc(O)c1C1CCCC1. The molecule has 1 aliphatic carbocycles. The van der Waals surface area contributed by atoms with E-state index in [0.717, 1.165) is 25.7 Å². The first-order valence-electron chi connectivity index (χ1n) is 6.76. The Labute approximate surface area is 115 Å². The molecule has 1 fully saturated rings. The maximum Gasteiger partial charge on any atom is 0.261 e. The molecule has 0 amide bonds. The van der Waals surface area contributed by atoms with Crippen molar-refractivity contribution in [3.63, 3.8) is 0 Å². The summed E-state index contributed by atoms with van der Waals surface area (Å²) in [5.41, 5.74) is 0.00742. The molecule has 0 aromatic carbocycles. The Morgan fingerprint density at radius 2 is 2.10 bits per heavy atom. The topological polar surface area (TPSA) is 75.2 Å². The van der Waals surface area contributed by atoms with Gasteiger partial charge in [-0.25, -0.2) is 8.78 Å². The number of halogens is 2. The van der Waals surface area contributed by atoms with Crippen molar-refractivity contribution in [3.05, 3.63) is 21.7 Å². The van der Waals surface area contributed by atoms with E-state index in [1.54, 1.807) is 0 Å². The standard InChI is InChI=1S/C13H18F2N2O3/c14-9(15)7-20-6-5-10-16-12(18)11(13(19)17-10)8-3-1-2-4-8/h8-9H,1-7H2,(H2,16,17,18,19). The quantitative estimate of drug-likeness (QED) is 0.785. The van der Waals surface area contributed by atoms with Crippen LogP contribution in [0, 0.1) is 0 Å². The smallest absolute Gasteiger partial charge is 0.261 e. The first-order valence-corrected chi connectivity index (χ1v) is 6.76. The Kier molecular flexibility index (Phi) is 5.05. The van der Waals surface area contributed by atoms with Crippen LogP contribution in [0.25, 0.3) is 0 Å². The summed E-state index contributed by atoms with van der Waals surface area (Å²) in [6.45, 7) is -0.619. The third-order valence-corrected chi connectivity index (χ3v) is 3.47. The fourth-order valence-electron chi connectivity index (χ4n) is 2.56. The molecule has 0 atom stereocenters. The van der Waals surface area contributed by atoms with Gasteiger partial charge in [0.15, 0.2) is 0 Å². The average molecular weight is 288 g/mol. The van der Waals surface area contributed by atoms with Crippen LogP contribution in [0.4, 0.5) is 8.78 Å². The molecule has 1 saturated carbocycles. The molecule has 1 heterocycles. The van der Waals surface area contributed by atoms with Gasteiger partial charge in [-0.15, -0.1) is 0 Å². The van der Waals surface area contributed by atoms with Crippen molar-refractivity contribution in [1.29, 1.82) is 0 Å². The monoisotopic (exact) mass is 288 g/mol. The molecule has 112 valence electrons. The first kappa shape index (κ1) is 14.9. The molecular weight excluding hydrogens is 270 g/mol. The summed E-state index contributed by atoms with van der Waals surface area (Å²) in [6, 6.07) is 0. The van der Waals surface area contributed by atoms with E-state index in [-0.39, 0.29) is 36.2 Å². The van der Waals surface area contributed by atoms with Crippen LogP contribution in [-0.4, -0.2) is 34.7 Å². The van der Waals surface area contributed by atoms with E-state index in [4.69, 9.17) is 4.74 Å². The van der Waals surface area contributed by atoms with Crippen molar-refractivity contribution in [2.45, 2.75) is 44.4 Å². The summed E-state index contributed by atoms with van der Waals surface area (Å²) < 4.78 is 28.5. The van der Waals surface area contributed by atoms with Crippen molar-refractivity contribution in [1.82, 2.24) is 9.97 Å². The lowest BCUT2D eigenvalue weighted by Crippen LogP contribution is -2.20. The highest BCUT2D eigenvalue weighted by Crippen LogP contribution is 2.35. The summed E-state index contributed by atoms with van der Waals surface area (Å²) in [5, 5.41) is 9.89. The zero-order valence-electron chi connectivity index (χ0n) is 11.1. The second-order valence-electron chi connectivity index (χ2n) is 4.95. The first-order chi connectivity index (χ1) is 9.58. The number of ether oxygens (including phenoxy) is 1. The van der Waals surface area contributed by atoms with Crippen LogP contribution in [0.15, 0.2) is 4.79 Å². The number of nitrogens with one attached hydrogen (secondary N) is 1. The molecule has 1 aliphatic rings. The van der Waals surface area contributed by atoms with E-state index in [0.29, 0.717) is 5.56 Å². The number of aromatic hydroxyl groups is 1. The van der Waals surface area contributed by atoms with E-state index >= 15 is 0 Å². The number of aromatic nitrogens is 2. The number of rotatable bonds is 6. The highest BCUT2D eigenvalue weighted by molar-refractivity contribution is 5.27. The van der Waals surface area contributed by atoms with Gasteiger partial charge in [-0.1, -0.05) is 12.8 Å². The molecule has 0 aliphatic heterocycles. The fourth-order valence-corrected chi connectivity index (χ4v) is 2.56. The predicted octanol–water partition coefficient (Wildman–Crippen LogP) is 1.96. The molecule has 7 heteroatoms. The summed E-state index contributed by atoms with van der Waals surface area (Å²) >= 11 is 0. The largest absolute Gasteiger partial charge is 0.493 e. The van der Waals surface area contributed by atoms with Gasteiger partial charge in [0, 0.05) is 6.42 Å². The van der Waals surface area contributed by atoms with Crippen LogP contribution in [0.3, 0.4) is 0 Å². The summed E-state index contributed by atoms with van der Waals surface area (Å²) in [6.07, 6.45) is 1.53. The van der Waals surface area contributed by atoms with Gasteiger partial charge in [-0.2, -0.15) is 4.98 Å². The molecule has 20 heavy (non-hydrogen) atoms. The Morgan fingerprint density at radius 3 is 2.70 bits per heavy atom. The van der Waals surface area contributed by atoms with E-state index in [1.807, 2.05) is 0 Å². The van der Waals surface area contributed by atoms with E-state index in [2.05, 4.69) is 9.97 Å². The normalized spacial score (nSPS) is 16.1. The molecule has 0 radical (unpaired) electrons. The summed E-state index contributed by atoms with van der Waals surface area (Å²) in [7, 11) is 0. The number of aromatic amines is 1. The molecule has 1 aromatic rings. The highest BCUT2D eigenvalue weighted by Gasteiger charge is 2.24. The van der Waals surface area contributed by atoms with Gasteiger partial charge >= 0.3 is 0 Å². The minimum absolute atomic E-state index is 0.0233. The number of alkyl halides is 2. The molecule has 0 saturated heterocycles. The Bertz CT molecular complexity index is 499. The second kappa shape index (κ2) is 6.78. The average Bonchev–Trinajstić information content (AvgIpc) is 2.87. The minimum atomic E-state index is -2.51. The molecule has 2 N–H and O–H groups in total. The minimum Gasteiger partial charge on any atom is -0.493 e. The maximum absolute atomic E-state index is 12.0. The van der Waals surface area contributed by atoms with Crippen LogP contribution < -0.4 is 5.56 Å². The van der Waals surface area contributed by atoms with Crippen LogP contribution in [-0.2, 0) is 11.2 Å². The fraction of sp³-hybridized carbons (Fsp3) is 0.692. The third kappa shape index (κ3) is 3.75. The van der Waals surface area contributed by atoms with Crippen molar-refractivity contribution in [2.75, 3.05) is 13.2 Å². The molecule has 5 nitrogen and oxygen atoms in total. The molecule has 0 spiro atoms. The van der Waals surface area contributed by atoms with Crippen LogP contribution in [0.5, 0.6) is 5.88 Å². The number of hydrogen-bond donors (Lipinski definition) is 2. The second-order valence-corrected chi connectivity index (χ2v) is 4.95. The molecule has 0 unspecified atom stereocenters. The van der Waals surface area contributed by atoms with Gasteiger partial charge in [-0.3, -0.25) is 4.79 Å². The van der Waals surface area contributed by atoms with Gasteiger partial charge in [0.2, 0.25) is 5.88 Å². The lowest BCUT2D eigenvalue weighted by molar-refractivity contribution is 0.0182. The van der Waals surface area contributed by atoms with Gasteiger partial charge < -0.3 is 14.8 Å². The van der Waals surface area contributed by atoms with Crippen LogP contribution in [0.2, 0.25) is 0 Å². The highest BCUT2D eigenvalue weighted by atomic mass is 19.3. The van der Waals surface area contributed by atoms with Gasteiger partial charge in [0.25, 0.3) is 12.0 Å². The Morgan fingerprint density at radius 1 is 1.40 bits per heavy atom. The van der Waals surface area contributed by atoms with Crippen LogP contribution in [0.1, 0.15) is 43.0 Å². The zero-order valence-corrected chi connectivity index (χ0v) is 11.1. The third-order valence-electron chi connectivity index (χ3n) is 3.47. The van der Waals surface area contributed by atoms with E-state index < -0.39 is 13.0 Å². The summed E-state index contributed by atoms with van der Waals surface area (Å²) in [5.74, 6) is 0.0726. The summed E-state index contributed by atoms with van der Waals surface area (Å²) in [4.78, 5) is 18.5. The predicted molar refractivity (Wildman–Crippen MR) is 68.3 cm³/mol. The molecule has 2 rings (SSSR count). The lowest BCUT2D eigenvalue weighted by atomic mass is 10.00. The van der Waals surface area contributed by atoms with E-state index in [9.17, 15) is 18.7 Å². The molecule has 0 bridgehead atoms. The van der Waals surface area contributed by atoms with Gasteiger partial charge in [-0.05, 0) is 18.8 Å². The molecule has 1 aromatic heterocycles. The number of H-pyrrole nitrogens is 1. The number of nitrogens with zero attached hydrogens (tertiary/aromatic N) is 1. The van der Waals surface area contributed by atoms with Crippen molar-refractivity contribution < 1.29 is 18.6 Å².